The van der Waals surface area contributed by atoms with E-state index < -0.39 is 28.1 Å². The summed E-state index contributed by atoms with van der Waals surface area (Å²) in [5.74, 6) is -2.45. The monoisotopic (exact) mass is 534 g/mol. The van der Waals surface area contributed by atoms with Crippen LogP contribution < -0.4 is 10.3 Å². The summed E-state index contributed by atoms with van der Waals surface area (Å²) in [4.78, 5) is 51.2. The van der Waals surface area contributed by atoms with Crippen molar-refractivity contribution in [2.75, 3.05) is 37.7 Å². The number of carboxylic acids is 1. The second-order valence-corrected chi connectivity index (χ2v) is 9.81. The molecule has 2 fully saturated rings. The molecule has 1 N–H and O–H groups in total. The first-order valence-electron chi connectivity index (χ1n) is 12.5. The lowest BCUT2D eigenvalue weighted by Gasteiger charge is -2.38. The largest absolute Gasteiger partial charge is 0.477 e. The number of carbonyl (C=O) groups excluding carboxylic acids is 1. The number of pyridine rings is 1. The van der Waals surface area contributed by atoms with Gasteiger partial charge in [0.2, 0.25) is 5.43 Å². The molecule has 11 nitrogen and oxygen atoms in total. The zero-order valence-electron chi connectivity index (χ0n) is 20.6. The quantitative estimate of drug-likeness (QED) is 0.287. The van der Waals surface area contributed by atoms with Crippen LogP contribution in [0, 0.1) is 15.9 Å². The number of carbonyl (C=O) groups is 2. The molecule has 0 spiro atoms. The van der Waals surface area contributed by atoms with Gasteiger partial charge in [-0.25, -0.2) is 14.0 Å². The molecule has 0 unspecified atom stereocenters. The maximum Gasteiger partial charge on any atom is 0.341 e. The molecule has 0 atom stereocenters. The summed E-state index contributed by atoms with van der Waals surface area (Å²) in [5.41, 5.74) is 1.23. The van der Waals surface area contributed by atoms with Gasteiger partial charge in [0, 0.05) is 55.9 Å². The third kappa shape index (κ3) is 4.27. The van der Waals surface area contributed by atoms with Crippen LogP contribution in [0.25, 0.3) is 16.5 Å². The normalized spacial score (nSPS) is 17.6. The van der Waals surface area contributed by atoms with Crippen LogP contribution in [0.1, 0.15) is 34.8 Å². The van der Waals surface area contributed by atoms with Crippen molar-refractivity contribution in [3.63, 3.8) is 0 Å². The SMILES string of the molecule is O=C1OCC(N2CCN(c3cc4c(cc3F)c(=O)c(C(=O)O)cn4C3CC3)CC2)=C1c1ccc([N+](=O)[O-])cc1. The Morgan fingerprint density at radius 1 is 1.05 bits per heavy atom. The number of cyclic esters (lactones) is 1. The highest BCUT2D eigenvalue weighted by atomic mass is 19.1. The topological polar surface area (TPSA) is 135 Å². The van der Waals surface area contributed by atoms with Crippen LogP contribution >= 0.6 is 0 Å². The molecule has 200 valence electrons. The van der Waals surface area contributed by atoms with Gasteiger partial charge in [0.15, 0.2) is 0 Å². The van der Waals surface area contributed by atoms with Gasteiger partial charge in [0.05, 0.1) is 27.4 Å². The van der Waals surface area contributed by atoms with Crippen LogP contribution in [0.15, 0.2) is 53.1 Å². The number of rotatable bonds is 6. The minimum atomic E-state index is -1.34. The smallest absolute Gasteiger partial charge is 0.341 e. The number of benzene rings is 2. The van der Waals surface area contributed by atoms with E-state index in [0.717, 1.165) is 18.9 Å². The molecule has 2 aliphatic heterocycles. The number of aromatic carboxylic acids is 1. The molecule has 0 bridgehead atoms. The molecular weight excluding hydrogens is 511 g/mol. The summed E-state index contributed by atoms with van der Waals surface area (Å²) in [5, 5.41) is 20.5. The number of hydrogen-bond donors (Lipinski definition) is 1. The lowest BCUT2D eigenvalue weighted by atomic mass is 10.0. The number of piperazine rings is 1. The molecule has 0 amide bonds. The van der Waals surface area contributed by atoms with Crippen molar-refractivity contribution >= 4 is 39.8 Å². The number of nitro benzene ring substituents is 1. The van der Waals surface area contributed by atoms with Gasteiger partial charge in [-0.15, -0.1) is 0 Å². The number of esters is 1. The summed E-state index contributed by atoms with van der Waals surface area (Å²) in [6.07, 6.45) is 3.07. The highest BCUT2D eigenvalue weighted by molar-refractivity contribution is 6.19. The molecular formula is C27H23FN4O7. The molecule has 12 heteroatoms. The molecule has 3 aromatic rings. The highest BCUT2D eigenvalue weighted by Gasteiger charge is 2.33. The molecule has 6 rings (SSSR count). The molecule has 1 aromatic heterocycles. The van der Waals surface area contributed by atoms with Crippen LogP contribution in [0.5, 0.6) is 0 Å². The van der Waals surface area contributed by atoms with E-state index in [1.54, 1.807) is 10.6 Å². The van der Waals surface area contributed by atoms with Crippen molar-refractivity contribution in [2.24, 2.45) is 0 Å². The van der Waals surface area contributed by atoms with Gasteiger partial charge >= 0.3 is 11.9 Å². The van der Waals surface area contributed by atoms with Crippen molar-refractivity contribution in [3.05, 3.63) is 85.6 Å². The number of fused-ring (bicyclic) bond motifs is 1. The maximum absolute atomic E-state index is 15.3. The zero-order chi connectivity index (χ0) is 27.4. The Kier molecular flexibility index (Phi) is 5.82. The molecule has 2 aromatic carbocycles. The summed E-state index contributed by atoms with van der Waals surface area (Å²) < 4.78 is 22.4. The summed E-state index contributed by atoms with van der Waals surface area (Å²) in [6.45, 7) is 1.86. The van der Waals surface area contributed by atoms with E-state index in [1.807, 2.05) is 9.80 Å². The molecule has 1 saturated carbocycles. The molecule has 39 heavy (non-hydrogen) atoms. The second kappa shape index (κ2) is 9.22. The molecule has 1 aliphatic carbocycles. The third-order valence-electron chi connectivity index (χ3n) is 7.47. The number of hydrogen-bond acceptors (Lipinski definition) is 8. The van der Waals surface area contributed by atoms with Crippen molar-refractivity contribution in [2.45, 2.75) is 18.9 Å². The summed E-state index contributed by atoms with van der Waals surface area (Å²) >= 11 is 0. The maximum atomic E-state index is 15.3. The number of nitrogens with zero attached hydrogens (tertiary/aromatic N) is 4. The van der Waals surface area contributed by atoms with E-state index in [4.69, 9.17) is 4.74 Å². The van der Waals surface area contributed by atoms with Gasteiger partial charge < -0.3 is 24.2 Å². The first-order valence-corrected chi connectivity index (χ1v) is 12.5. The van der Waals surface area contributed by atoms with Gasteiger partial charge in [-0.2, -0.15) is 0 Å². The predicted molar refractivity (Wildman–Crippen MR) is 138 cm³/mol. The number of anilines is 1. The van der Waals surface area contributed by atoms with Gasteiger partial charge in [0.25, 0.3) is 5.69 Å². The minimum absolute atomic E-state index is 0.0428. The van der Waals surface area contributed by atoms with Gasteiger partial charge in [-0.3, -0.25) is 14.9 Å². The van der Waals surface area contributed by atoms with Crippen molar-refractivity contribution in [1.82, 2.24) is 9.47 Å². The average Bonchev–Trinajstić information content (AvgIpc) is 3.70. The Morgan fingerprint density at radius 2 is 1.72 bits per heavy atom. The average molecular weight is 535 g/mol. The Balaban J connectivity index is 1.28. The summed E-state index contributed by atoms with van der Waals surface area (Å²) in [7, 11) is 0. The number of nitro groups is 1. The number of ether oxygens (including phenoxy) is 1. The first kappa shape index (κ1) is 24.6. The first-order chi connectivity index (χ1) is 18.7. The minimum Gasteiger partial charge on any atom is -0.477 e. The Bertz CT molecular complexity index is 1630. The highest BCUT2D eigenvalue weighted by Crippen LogP contribution is 2.38. The Hall–Kier alpha value is -4.74. The Labute approximate surface area is 220 Å². The van der Waals surface area contributed by atoms with Crippen LogP contribution in [0.4, 0.5) is 15.8 Å². The fourth-order valence-electron chi connectivity index (χ4n) is 5.31. The molecule has 3 aliphatic rings. The van der Waals surface area contributed by atoms with Crippen LogP contribution in [-0.4, -0.2) is 64.2 Å². The van der Waals surface area contributed by atoms with E-state index in [0.29, 0.717) is 54.2 Å². The summed E-state index contributed by atoms with van der Waals surface area (Å²) in [6, 6.07) is 8.55. The molecule has 0 radical (unpaired) electrons. The van der Waals surface area contributed by atoms with Crippen LogP contribution in [0.2, 0.25) is 0 Å². The third-order valence-corrected chi connectivity index (χ3v) is 7.47. The lowest BCUT2D eigenvalue weighted by molar-refractivity contribution is -0.384. The Morgan fingerprint density at radius 3 is 2.33 bits per heavy atom. The van der Waals surface area contributed by atoms with Gasteiger partial charge in [-0.1, -0.05) is 0 Å². The van der Waals surface area contributed by atoms with E-state index in [2.05, 4.69) is 0 Å². The van der Waals surface area contributed by atoms with Gasteiger partial charge in [-0.05, 0) is 42.7 Å². The van der Waals surface area contributed by atoms with E-state index in [9.17, 15) is 29.6 Å². The number of carboxylic acid groups (broad SMARTS) is 1. The lowest BCUT2D eigenvalue weighted by Crippen LogP contribution is -2.46. The van der Waals surface area contributed by atoms with E-state index >= 15 is 4.39 Å². The van der Waals surface area contributed by atoms with Crippen molar-refractivity contribution < 1.29 is 28.7 Å². The van der Waals surface area contributed by atoms with E-state index in [-0.39, 0.29) is 29.3 Å². The number of non-ortho nitro benzene ring substituents is 1. The standard InChI is InChI=1S/C27H23FN4O7/c28-20-11-18-21(31(16-5-6-16)13-19(25(18)33)26(34)35)12-22(20)29-7-9-30(10-8-29)23-14-39-27(36)24(23)15-1-3-17(4-2-15)32(37)38/h1-4,11-13,16H,5-10,14H2,(H,34,35). The molecule has 3 heterocycles. The second-order valence-electron chi connectivity index (χ2n) is 9.81. The fourth-order valence-corrected chi connectivity index (χ4v) is 5.31. The van der Waals surface area contributed by atoms with Crippen LogP contribution in [-0.2, 0) is 9.53 Å². The van der Waals surface area contributed by atoms with Crippen LogP contribution in [0.3, 0.4) is 0 Å². The number of aromatic nitrogens is 1. The van der Waals surface area contributed by atoms with Crippen molar-refractivity contribution in [1.29, 1.82) is 0 Å². The van der Waals surface area contributed by atoms with Gasteiger partial charge in [0.1, 0.15) is 18.0 Å². The molecule has 1 saturated heterocycles. The van der Waals surface area contributed by atoms with Crippen molar-refractivity contribution in [3.8, 4) is 0 Å². The zero-order valence-corrected chi connectivity index (χ0v) is 20.6. The van der Waals surface area contributed by atoms with E-state index in [1.165, 1.54) is 30.5 Å². The fraction of sp³-hybridized carbons (Fsp3) is 0.296. The number of halogens is 1. The predicted octanol–water partition coefficient (Wildman–Crippen LogP) is 3.17.